The Morgan fingerprint density at radius 1 is 1.31 bits per heavy atom. The maximum Gasteiger partial charge on any atom is 0.315 e. The quantitative estimate of drug-likeness (QED) is 0.625. The predicted molar refractivity (Wildman–Crippen MR) is 64.5 cm³/mol. The SMILES string of the molecule is CCCCOCCCNC(=O)NC1CCC1. The summed E-state index contributed by atoms with van der Waals surface area (Å²) in [5.74, 6) is 0. The van der Waals surface area contributed by atoms with E-state index in [-0.39, 0.29) is 6.03 Å². The molecule has 0 radical (unpaired) electrons. The minimum atomic E-state index is -0.0294. The van der Waals surface area contributed by atoms with Gasteiger partial charge in [0.1, 0.15) is 0 Å². The Morgan fingerprint density at radius 3 is 2.69 bits per heavy atom. The van der Waals surface area contributed by atoms with Crippen LogP contribution in [0.15, 0.2) is 0 Å². The van der Waals surface area contributed by atoms with Crippen molar-refractivity contribution in [2.45, 2.75) is 51.5 Å². The van der Waals surface area contributed by atoms with Gasteiger partial charge in [0.15, 0.2) is 0 Å². The molecular formula is C12H24N2O2. The largest absolute Gasteiger partial charge is 0.381 e. The van der Waals surface area contributed by atoms with Crippen LogP contribution in [0.2, 0.25) is 0 Å². The number of carbonyl (C=O) groups is 1. The summed E-state index contributed by atoms with van der Waals surface area (Å²) < 4.78 is 5.40. The van der Waals surface area contributed by atoms with Crippen molar-refractivity contribution in [3.63, 3.8) is 0 Å². The maximum atomic E-state index is 11.3. The lowest BCUT2D eigenvalue weighted by molar-refractivity contribution is 0.129. The zero-order valence-electron chi connectivity index (χ0n) is 10.3. The van der Waals surface area contributed by atoms with E-state index in [4.69, 9.17) is 4.74 Å². The first-order valence-electron chi connectivity index (χ1n) is 6.45. The number of hydrogen-bond donors (Lipinski definition) is 2. The van der Waals surface area contributed by atoms with E-state index in [0.717, 1.165) is 38.9 Å². The van der Waals surface area contributed by atoms with Gasteiger partial charge in [-0.3, -0.25) is 0 Å². The van der Waals surface area contributed by atoms with E-state index in [1.165, 1.54) is 12.8 Å². The van der Waals surface area contributed by atoms with Crippen LogP contribution < -0.4 is 10.6 Å². The molecule has 1 aliphatic carbocycles. The summed E-state index contributed by atoms with van der Waals surface area (Å²) in [6.45, 7) is 4.43. The van der Waals surface area contributed by atoms with Crippen molar-refractivity contribution >= 4 is 6.03 Å². The molecule has 4 nitrogen and oxygen atoms in total. The van der Waals surface area contributed by atoms with Gasteiger partial charge >= 0.3 is 6.03 Å². The minimum Gasteiger partial charge on any atom is -0.381 e. The van der Waals surface area contributed by atoms with E-state index in [1.54, 1.807) is 0 Å². The van der Waals surface area contributed by atoms with Crippen LogP contribution in [0.3, 0.4) is 0 Å². The van der Waals surface area contributed by atoms with Crippen LogP contribution in [0.4, 0.5) is 4.79 Å². The van der Waals surface area contributed by atoms with E-state index in [0.29, 0.717) is 12.6 Å². The fourth-order valence-corrected chi connectivity index (χ4v) is 1.51. The average Bonchev–Trinajstić information content (AvgIpc) is 2.22. The van der Waals surface area contributed by atoms with Crippen molar-refractivity contribution in [3.8, 4) is 0 Å². The molecule has 0 aromatic heterocycles. The molecule has 0 bridgehead atoms. The van der Waals surface area contributed by atoms with Crippen molar-refractivity contribution in [3.05, 3.63) is 0 Å². The second-order valence-corrected chi connectivity index (χ2v) is 4.35. The van der Waals surface area contributed by atoms with Crippen LogP contribution in [0.5, 0.6) is 0 Å². The van der Waals surface area contributed by atoms with Crippen molar-refractivity contribution in [2.75, 3.05) is 19.8 Å². The normalized spacial score (nSPS) is 15.6. The minimum absolute atomic E-state index is 0.0294. The zero-order chi connectivity index (χ0) is 11.6. The average molecular weight is 228 g/mol. The molecule has 0 unspecified atom stereocenters. The van der Waals surface area contributed by atoms with E-state index >= 15 is 0 Å². The Bertz CT molecular complexity index is 193. The number of unbranched alkanes of at least 4 members (excludes halogenated alkanes) is 1. The van der Waals surface area contributed by atoms with E-state index < -0.39 is 0 Å². The van der Waals surface area contributed by atoms with Crippen LogP contribution in [0, 0.1) is 0 Å². The van der Waals surface area contributed by atoms with Crippen LogP contribution in [0.25, 0.3) is 0 Å². The highest BCUT2D eigenvalue weighted by Crippen LogP contribution is 2.17. The van der Waals surface area contributed by atoms with Gasteiger partial charge in [-0.1, -0.05) is 13.3 Å². The highest BCUT2D eigenvalue weighted by atomic mass is 16.5. The molecule has 0 aliphatic heterocycles. The molecule has 1 aliphatic rings. The van der Waals surface area contributed by atoms with Gasteiger partial charge in [0.25, 0.3) is 0 Å². The lowest BCUT2D eigenvalue weighted by Gasteiger charge is -2.26. The number of ether oxygens (including phenoxy) is 1. The van der Waals surface area contributed by atoms with Gasteiger partial charge in [0.2, 0.25) is 0 Å². The monoisotopic (exact) mass is 228 g/mol. The first-order valence-corrected chi connectivity index (χ1v) is 6.45. The fourth-order valence-electron chi connectivity index (χ4n) is 1.51. The number of urea groups is 1. The summed E-state index contributed by atoms with van der Waals surface area (Å²) in [7, 11) is 0. The third-order valence-corrected chi connectivity index (χ3v) is 2.83. The van der Waals surface area contributed by atoms with Crippen LogP contribution in [-0.2, 0) is 4.74 Å². The number of amides is 2. The van der Waals surface area contributed by atoms with Crippen LogP contribution in [-0.4, -0.2) is 31.8 Å². The van der Waals surface area contributed by atoms with E-state index in [1.807, 2.05) is 0 Å². The van der Waals surface area contributed by atoms with Gasteiger partial charge in [-0.25, -0.2) is 4.79 Å². The molecular weight excluding hydrogens is 204 g/mol. The van der Waals surface area contributed by atoms with Gasteiger partial charge in [0.05, 0.1) is 0 Å². The predicted octanol–water partition coefficient (Wildman–Crippen LogP) is 2.04. The molecule has 2 N–H and O–H groups in total. The van der Waals surface area contributed by atoms with Crippen LogP contribution >= 0.6 is 0 Å². The molecule has 1 fully saturated rings. The van der Waals surface area contributed by atoms with Gasteiger partial charge < -0.3 is 15.4 Å². The van der Waals surface area contributed by atoms with Gasteiger partial charge in [-0.2, -0.15) is 0 Å². The summed E-state index contributed by atoms with van der Waals surface area (Å²) in [5, 5.41) is 5.78. The number of carbonyl (C=O) groups excluding carboxylic acids is 1. The van der Waals surface area contributed by atoms with Crippen LogP contribution in [0.1, 0.15) is 45.4 Å². The Labute approximate surface area is 98.1 Å². The highest BCUT2D eigenvalue weighted by molar-refractivity contribution is 5.74. The highest BCUT2D eigenvalue weighted by Gasteiger charge is 2.18. The maximum absolute atomic E-state index is 11.3. The number of hydrogen-bond acceptors (Lipinski definition) is 2. The molecule has 0 heterocycles. The van der Waals surface area contributed by atoms with Crippen molar-refractivity contribution in [1.29, 1.82) is 0 Å². The number of rotatable bonds is 8. The lowest BCUT2D eigenvalue weighted by atomic mass is 9.93. The molecule has 1 rings (SSSR count). The fraction of sp³-hybridized carbons (Fsp3) is 0.917. The Balaban J connectivity index is 1.80. The van der Waals surface area contributed by atoms with E-state index in [9.17, 15) is 4.79 Å². The Kier molecular flexibility index (Phi) is 6.97. The molecule has 2 amide bonds. The first-order chi connectivity index (χ1) is 7.83. The molecule has 94 valence electrons. The number of nitrogens with one attached hydrogen (secondary N) is 2. The molecule has 0 aromatic carbocycles. The second-order valence-electron chi connectivity index (χ2n) is 4.35. The molecule has 0 atom stereocenters. The smallest absolute Gasteiger partial charge is 0.315 e. The molecule has 0 spiro atoms. The van der Waals surface area contributed by atoms with Gasteiger partial charge in [-0.05, 0) is 32.1 Å². The van der Waals surface area contributed by atoms with E-state index in [2.05, 4.69) is 17.6 Å². The van der Waals surface area contributed by atoms with Crippen molar-refractivity contribution in [1.82, 2.24) is 10.6 Å². The summed E-state index contributed by atoms with van der Waals surface area (Å²) in [6.07, 6.45) is 6.69. The van der Waals surface area contributed by atoms with Gasteiger partial charge in [0, 0.05) is 25.8 Å². The molecule has 1 saturated carbocycles. The summed E-state index contributed by atoms with van der Waals surface area (Å²) in [4.78, 5) is 11.3. The third kappa shape index (κ3) is 5.95. The summed E-state index contributed by atoms with van der Waals surface area (Å²) >= 11 is 0. The third-order valence-electron chi connectivity index (χ3n) is 2.83. The molecule has 0 aromatic rings. The van der Waals surface area contributed by atoms with Crippen molar-refractivity contribution < 1.29 is 9.53 Å². The topological polar surface area (TPSA) is 50.4 Å². The molecule has 4 heteroatoms. The standard InChI is InChI=1S/C12H24N2O2/c1-2-3-9-16-10-5-8-13-12(15)14-11-6-4-7-11/h11H,2-10H2,1H3,(H2,13,14,15). The Morgan fingerprint density at radius 2 is 2.06 bits per heavy atom. The zero-order valence-corrected chi connectivity index (χ0v) is 10.3. The first kappa shape index (κ1) is 13.3. The summed E-state index contributed by atoms with van der Waals surface area (Å²) in [5.41, 5.74) is 0. The molecule has 0 saturated heterocycles. The van der Waals surface area contributed by atoms with Gasteiger partial charge in [-0.15, -0.1) is 0 Å². The summed E-state index contributed by atoms with van der Waals surface area (Å²) in [6, 6.07) is 0.388. The van der Waals surface area contributed by atoms with Crippen molar-refractivity contribution in [2.24, 2.45) is 0 Å². The Hall–Kier alpha value is -0.770. The molecule has 16 heavy (non-hydrogen) atoms. The second kappa shape index (κ2) is 8.39. The lowest BCUT2D eigenvalue weighted by Crippen LogP contribution is -2.45.